The second-order valence-corrected chi connectivity index (χ2v) is 7.64. The Labute approximate surface area is 161 Å². The summed E-state index contributed by atoms with van der Waals surface area (Å²) in [6.07, 6.45) is 0. The molecule has 0 aliphatic carbocycles. The zero-order chi connectivity index (χ0) is 18.4. The lowest BCUT2D eigenvalue weighted by atomic mass is 10.2. The first-order valence-corrected chi connectivity index (χ1v) is 9.36. The minimum atomic E-state index is -3.74. The average molecular weight is 398 g/mol. The molecule has 6 nitrogen and oxygen atoms in total. The zero-order valence-electron chi connectivity index (χ0n) is 15.0. The van der Waals surface area contributed by atoms with Gasteiger partial charge >= 0.3 is 0 Å². The van der Waals surface area contributed by atoms with Crippen LogP contribution in [-0.2, 0) is 10.0 Å². The zero-order valence-corrected chi connectivity index (χ0v) is 16.7. The molecule has 0 bridgehead atoms. The Kier molecular flexibility index (Phi) is 8.08. The van der Waals surface area contributed by atoms with Crippen LogP contribution in [0.5, 0.6) is 0 Å². The first-order chi connectivity index (χ1) is 11.9. The Morgan fingerprint density at radius 1 is 1.04 bits per heavy atom. The number of sulfonamides is 1. The number of carbonyl (C=O) groups is 1. The SMILES string of the molecule is CNCCN(C)C(=O)c1cccc(S(=O)(=O)N(C)c2ccccc2)c1.Cl. The highest BCUT2D eigenvalue weighted by Crippen LogP contribution is 2.22. The number of hydrogen-bond donors (Lipinski definition) is 1. The fourth-order valence-electron chi connectivity index (χ4n) is 2.33. The van der Waals surface area contributed by atoms with Gasteiger partial charge < -0.3 is 10.2 Å². The molecule has 26 heavy (non-hydrogen) atoms. The monoisotopic (exact) mass is 397 g/mol. The predicted molar refractivity (Wildman–Crippen MR) is 107 cm³/mol. The van der Waals surface area contributed by atoms with Gasteiger partial charge in [-0.1, -0.05) is 24.3 Å². The molecule has 2 aromatic rings. The lowest BCUT2D eigenvalue weighted by Gasteiger charge is -2.21. The smallest absolute Gasteiger partial charge is 0.264 e. The van der Waals surface area contributed by atoms with Crippen molar-refractivity contribution in [2.45, 2.75) is 4.90 Å². The molecule has 0 aromatic heterocycles. The Morgan fingerprint density at radius 2 is 1.69 bits per heavy atom. The first kappa shape index (κ1) is 22.0. The van der Waals surface area contributed by atoms with Crippen LogP contribution >= 0.6 is 12.4 Å². The average Bonchev–Trinajstić information content (AvgIpc) is 2.65. The van der Waals surface area contributed by atoms with Crippen molar-refractivity contribution in [2.75, 3.05) is 38.5 Å². The number of hydrogen-bond acceptors (Lipinski definition) is 4. The molecule has 0 saturated carbocycles. The van der Waals surface area contributed by atoms with Crippen LogP contribution in [0.25, 0.3) is 0 Å². The van der Waals surface area contributed by atoms with Gasteiger partial charge in [0, 0.05) is 32.7 Å². The van der Waals surface area contributed by atoms with E-state index in [0.717, 1.165) is 0 Å². The highest BCUT2D eigenvalue weighted by atomic mass is 35.5. The van der Waals surface area contributed by atoms with Crippen molar-refractivity contribution in [3.63, 3.8) is 0 Å². The first-order valence-electron chi connectivity index (χ1n) is 7.92. The fraction of sp³-hybridized carbons (Fsp3) is 0.278. The molecular weight excluding hydrogens is 374 g/mol. The Balaban J connectivity index is 0.00000338. The van der Waals surface area contributed by atoms with Crippen molar-refractivity contribution in [3.05, 3.63) is 60.2 Å². The maximum Gasteiger partial charge on any atom is 0.264 e. The topological polar surface area (TPSA) is 69.7 Å². The molecule has 0 unspecified atom stereocenters. The molecule has 0 radical (unpaired) electrons. The molecule has 8 heteroatoms. The van der Waals surface area contributed by atoms with E-state index in [1.165, 1.54) is 23.5 Å². The maximum atomic E-state index is 12.8. The van der Waals surface area contributed by atoms with Crippen molar-refractivity contribution in [1.29, 1.82) is 0 Å². The van der Waals surface area contributed by atoms with Gasteiger partial charge in [-0.25, -0.2) is 8.42 Å². The molecule has 0 heterocycles. The van der Waals surface area contributed by atoms with Gasteiger partial charge in [0.15, 0.2) is 0 Å². The van der Waals surface area contributed by atoms with Crippen molar-refractivity contribution >= 4 is 34.0 Å². The third-order valence-corrected chi connectivity index (χ3v) is 5.68. The number of anilines is 1. The Hall–Kier alpha value is -2.09. The second-order valence-electron chi connectivity index (χ2n) is 5.67. The van der Waals surface area contributed by atoms with Crippen molar-refractivity contribution in [3.8, 4) is 0 Å². The summed E-state index contributed by atoms with van der Waals surface area (Å²) in [6.45, 7) is 1.20. The third-order valence-electron chi connectivity index (χ3n) is 3.90. The molecule has 0 spiro atoms. The van der Waals surface area contributed by atoms with E-state index in [0.29, 0.717) is 24.3 Å². The van der Waals surface area contributed by atoms with Crippen LogP contribution in [0, 0.1) is 0 Å². The number of likely N-dealkylation sites (N-methyl/N-ethyl adjacent to an activating group) is 2. The molecule has 2 aromatic carbocycles. The molecule has 0 aliphatic heterocycles. The van der Waals surface area contributed by atoms with Crippen molar-refractivity contribution in [1.82, 2.24) is 10.2 Å². The molecule has 1 N–H and O–H groups in total. The van der Waals surface area contributed by atoms with Gasteiger partial charge in [-0.05, 0) is 37.4 Å². The number of carbonyl (C=O) groups excluding carboxylic acids is 1. The molecule has 0 fully saturated rings. The summed E-state index contributed by atoms with van der Waals surface area (Å²) in [4.78, 5) is 14.1. The van der Waals surface area contributed by atoms with E-state index in [2.05, 4.69) is 5.32 Å². The summed E-state index contributed by atoms with van der Waals surface area (Å²) >= 11 is 0. The third kappa shape index (κ3) is 4.97. The number of nitrogens with zero attached hydrogens (tertiary/aromatic N) is 2. The van der Waals surface area contributed by atoms with Crippen LogP contribution in [0.1, 0.15) is 10.4 Å². The number of amides is 1. The van der Waals surface area contributed by atoms with Crippen molar-refractivity contribution < 1.29 is 13.2 Å². The Bertz CT molecular complexity index is 829. The van der Waals surface area contributed by atoms with E-state index in [9.17, 15) is 13.2 Å². The van der Waals surface area contributed by atoms with Crippen LogP contribution in [0.15, 0.2) is 59.5 Å². The standard InChI is InChI=1S/C18H23N3O3S.ClH/c1-19-12-13-20(2)18(22)15-8-7-11-17(14-15)25(23,24)21(3)16-9-5-4-6-10-16;/h4-11,14,19H,12-13H2,1-3H3;1H. The summed E-state index contributed by atoms with van der Waals surface area (Å²) in [5, 5.41) is 2.98. The molecule has 0 atom stereocenters. The minimum Gasteiger partial charge on any atom is -0.340 e. The molecular formula is C18H24ClN3O3S. The number of benzene rings is 2. The van der Waals surface area contributed by atoms with Gasteiger partial charge in [-0.15, -0.1) is 12.4 Å². The molecule has 0 saturated heterocycles. The van der Waals surface area contributed by atoms with Gasteiger partial charge in [0.2, 0.25) is 0 Å². The lowest BCUT2D eigenvalue weighted by molar-refractivity contribution is 0.0796. The van der Waals surface area contributed by atoms with Crippen molar-refractivity contribution in [2.24, 2.45) is 0 Å². The van der Waals surface area contributed by atoms with Crippen LogP contribution in [0.3, 0.4) is 0 Å². The van der Waals surface area contributed by atoms with Gasteiger partial charge in [0.1, 0.15) is 0 Å². The summed E-state index contributed by atoms with van der Waals surface area (Å²) in [5.41, 5.74) is 0.909. The van der Waals surface area contributed by atoms with E-state index >= 15 is 0 Å². The Morgan fingerprint density at radius 3 is 2.31 bits per heavy atom. The summed E-state index contributed by atoms with van der Waals surface area (Å²) in [5.74, 6) is -0.213. The number of rotatable bonds is 7. The highest BCUT2D eigenvalue weighted by molar-refractivity contribution is 7.92. The van der Waals surface area contributed by atoms with Crippen LogP contribution in [0.4, 0.5) is 5.69 Å². The van der Waals surface area contributed by atoms with Gasteiger partial charge in [-0.2, -0.15) is 0 Å². The van der Waals surface area contributed by atoms with Gasteiger partial charge in [-0.3, -0.25) is 9.10 Å². The summed E-state index contributed by atoms with van der Waals surface area (Å²) in [6, 6.07) is 15.0. The quantitative estimate of drug-likeness (QED) is 0.777. The minimum absolute atomic E-state index is 0. The van der Waals surface area contributed by atoms with Gasteiger partial charge in [0.25, 0.3) is 15.9 Å². The van der Waals surface area contributed by atoms with E-state index in [1.807, 2.05) is 13.1 Å². The van der Waals surface area contributed by atoms with E-state index in [1.54, 1.807) is 48.3 Å². The van der Waals surface area contributed by atoms with E-state index in [-0.39, 0.29) is 23.2 Å². The highest BCUT2D eigenvalue weighted by Gasteiger charge is 2.23. The summed E-state index contributed by atoms with van der Waals surface area (Å²) < 4.78 is 26.9. The van der Waals surface area contributed by atoms with Gasteiger partial charge in [0.05, 0.1) is 10.6 Å². The summed E-state index contributed by atoms with van der Waals surface area (Å²) in [7, 11) is 1.26. The molecule has 142 valence electrons. The molecule has 0 aliphatic rings. The van der Waals surface area contributed by atoms with Crippen LogP contribution in [0.2, 0.25) is 0 Å². The largest absolute Gasteiger partial charge is 0.340 e. The maximum absolute atomic E-state index is 12.8. The van der Waals surface area contributed by atoms with E-state index < -0.39 is 10.0 Å². The normalized spacial score (nSPS) is 10.7. The van der Waals surface area contributed by atoms with Crippen LogP contribution < -0.4 is 9.62 Å². The molecule has 1 amide bonds. The number of nitrogens with one attached hydrogen (secondary N) is 1. The number of para-hydroxylation sites is 1. The lowest BCUT2D eigenvalue weighted by Crippen LogP contribution is -2.33. The predicted octanol–water partition coefficient (Wildman–Crippen LogP) is 2.22. The van der Waals surface area contributed by atoms with E-state index in [4.69, 9.17) is 0 Å². The van der Waals surface area contributed by atoms with Crippen LogP contribution in [-0.4, -0.2) is 53.5 Å². The number of halogens is 1. The fourth-order valence-corrected chi connectivity index (χ4v) is 3.57. The second kappa shape index (κ2) is 9.56. The molecule has 2 rings (SSSR count).